The first kappa shape index (κ1) is 14.0. The van der Waals surface area contributed by atoms with Crippen LogP contribution >= 0.6 is 0 Å². The van der Waals surface area contributed by atoms with Crippen LogP contribution in [0.25, 0.3) is 11.0 Å². The molecule has 3 nitrogen and oxygen atoms in total. The molecule has 1 aromatic heterocycles. The second-order valence-corrected chi connectivity index (χ2v) is 4.62. The molecule has 0 atom stereocenters. The Bertz CT molecular complexity index is 539. The fourth-order valence-corrected chi connectivity index (χ4v) is 2.20. The smallest absolute Gasteiger partial charge is 0.251 e. The van der Waals surface area contributed by atoms with Crippen LogP contribution in [0.15, 0.2) is 28.7 Å². The molecule has 0 unspecified atom stereocenters. The van der Waals surface area contributed by atoms with E-state index in [9.17, 15) is 8.78 Å². The summed E-state index contributed by atoms with van der Waals surface area (Å²) in [6, 6.07) is 7.69. The van der Waals surface area contributed by atoms with Crippen LogP contribution in [0.2, 0.25) is 0 Å². The molecule has 5 heteroatoms. The van der Waals surface area contributed by atoms with Gasteiger partial charge < -0.3 is 9.73 Å². The van der Waals surface area contributed by atoms with Crippen LogP contribution < -0.4 is 5.32 Å². The summed E-state index contributed by atoms with van der Waals surface area (Å²) < 4.78 is 30.6. The van der Waals surface area contributed by atoms with Crippen molar-refractivity contribution >= 4 is 11.0 Å². The van der Waals surface area contributed by atoms with Gasteiger partial charge in [-0.05, 0) is 20.2 Å². The van der Waals surface area contributed by atoms with Crippen LogP contribution in [0.1, 0.15) is 11.3 Å². The highest BCUT2D eigenvalue weighted by Crippen LogP contribution is 2.27. The van der Waals surface area contributed by atoms with Crippen molar-refractivity contribution in [1.29, 1.82) is 0 Å². The molecule has 2 rings (SSSR count). The van der Waals surface area contributed by atoms with Gasteiger partial charge in [0.1, 0.15) is 11.3 Å². The molecule has 0 fully saturated rings. The third kappa shape index (κ3) is 3.30. The van der Waals surface area contributed by atoms with Crippen molar-refractivity contribution in [2.45, 2.75) is 19.5 Å². The van der Waals surface area contributed by atoms with E-state index in [1.165, 1.54) is 0 Å². The molecule has 104 valence electrons. The first-order chi connectivity index (χ1) is 9.11. The van der Waals surface area contributed by atoms with Gasteiger partial charge in [-0.15, -0.1) is 0 Å². The van der Waals surface area contributed by atoms with Gasteiger partial charge in [-0.25, -0.2) is 8.78 Å². The normalized spacial score (nSPS) is 11.9. The van der Waals surface area contributed by atoms with Crippen molar-refractivity contribution in [3.8, 4) is 0 Å². The summed E-state index contributed by atoms with van der Waals surface area (Å²) in [6.07, 6.45) is -2.32. The van der Waals surface area contributed by atoms with Crippen molar-refractivity contribution in [2.24, 2.45) is 0 Å². The molecule has 1 heterocycles. The Morgan fingerprint density at radius 1 is 1.32 bits per heavy atom. The van der Waals surface area contributed by atoms with Gasteiger partial charge in [-0.2, -0.15) is 0 Å². The average molecular weight is 268 g/mol. The number of rotatable bonds is 6. The maximum absolute atomic E-state index is 12.4. The monoisotopic (exact) mass is 268 g/mol. The molecule has 0 amide bonds. The maximum atomic E-state index is 12.4. The van der Waals surface area contributed by atoms with E-state index in [0.717, 1.165) is 22.3 Å². The van der Waals surface area contributed by atoms with Crippen LogP contribution in [0.5, 0.6) is 0 Å². The Morgan fingerprint density at radius 2 is 2.05 bits per heavy atom. The summed E-state index contributed by atoms with van der Waals surface area (Å²) in [7, 11) is 3.52. The number of furan rings is 1. The number of para-hydroxylation sites is 1. The van der Waals surface area contributed by atoms with Crippen LogP contribution in [0, 0.1) is 0 Å². The van der Waals surface area contributed by atoms with Crippen molar-refractivity contribution in [2.75, 3.05) is 20.6 Å². The second kappa shape index (κ2) is 6.12. The first-order valence-electron chi connectivity index (χ1n) is 6.22. The molecule has 0 aliphatic carbocycles. The molecule has 1 N–H and O–H groups in total. The largest absolute Gasteiger partial charge is 0.459 e. The highest BCUT2D eigenvalue weighted by molar-refractivity contribution is 5.82. The van der Waals surface area contributed by atoms with Crippen LogP contribution in [0.4, 0.5) is 8.78 Å². The van der Waals surface area contributed by atoms with Crippen molar-refractivity contribution in [3.63, 3.8) is 0 Å². The van der Waals surface area contributed by atoms with E-state index in [1.807, 2.05) is 31.3 Å². The fourth-order valence-electron chi connectivity index (χ4n) is 2.20. The molecule has 0 aliphatic rings. The molecule has 19 heavy (non-hydrogen) atoms. The van der Waals surface area contributed by atoms with Crippen molar-refractivity contribution in [3.05, 3.63) is 35.6 Å². The topological polar surface area (TPSA) is 28.4 Å². The van der Waals surface area contributed by atoms with Crippen molar-refractivity contribution < 1.29 is 13.2 Å². The second-order valence-electron chi connectivity index (χ2n) is 4.62. The van der Waals surface area contributed by atoms with Gasteiger partial charge in [0.05, 0.1) is 13.1 Å². The summed E-state index contributed by atoms with van der Waals surface area (Å²) in [5.41, 5.74) is 1.78. The predicted octanol–water partition coefficient (Wildman–Crippen LogP) is 2.85. The average Bonchev–Trinajstić information content (AvgIpc) is 2.67. The van der Waals surface area contributed by atoms with E-state index < -0.39 is 6.43 Å². The fraction of sp³-hybridized carbons (Fsp3) is 0.429. The summed E-state index contributed by atoms with van der Waals surface area (Å²) in [5.74, 6) is 0.810. The van der Waals surface area contributed by atoms with Crippen LogP contribution in [0.3, 0.4) is 0 Å². The van der Waals surface area contributed by atoms with Crippen LogP contribution in [-0.4, -0.2) is 32.0 Å². The predicted molar refractivity (Wildman–Crippen MR) is 71.3 cm³/mol. The molecule has 0 bridgehead atoms. The summed E-state index contributed by atoms with van der Waals surface area (Å²) >= 11 is 0. The number of hydrogen-bond acceptors (Lipinski definition) is 3. The Kier molecular flexibility index (Phi) is 4.50. The highest BCUT2D eigenvalue weighted by Gasteiger charge is 2.16. The molecule has 0 radical (unpaired) electrons. The lowest BCUT2D eigenvalue weighted by molar-refractivity contribution is 0.0974. The minimum atomic E-state index is -2.32. The first-order valence-corrected chi connectivity index (χ1v) is 6.22. The molecular formula is C14H18F2N2O. The van der Waals surface area contributed by atoms with E-state index in [1.54, 1.807) is 11.9 Å². The molecule has 1 aromatic carbocycles. The zero-order chi connectivity index (χ0) is 13.8. The van der Waals surface area contributed by atoms with Crippen molar-refractivity contribution in [1.82, 2.24) is 10.2 Å². The number of nitrogens with zero attached hydrogens (tertiary/aromatic N) is 1. The molecule has 0 saturated heterocycles. The van der Waals surface area contributed by atoms with E-state index >= 15 is 0 Å². The number of hydrogen-bond donors (Lipinski definition) is 1. The number of benzene rings is 1. The maximum Gasteiger partial charge on any atom is 0.251 e. The van der Waals surface area contributed by atoms with Gasteiger partial charge >= 0.3 is 0 Å². The van der Waals surface area contributed by atoms with Crippen LogP contribution in [-0.2, 0) is 13.1 Å². The minimum absolute atomic E-state index is 0.238. The Labute approximate surface area is 111 Å². The van der Waals surface area contributed by atoms with Gasteiger partial charge in [0.2, 0.25) is 0 Å². The third-order valence-electron chi connectivity index (χ3n) is 3.00. The third-order valence-corrected chi connectivity index (χ3v) is 3.00. The molecule has 0 aliphatic heterocycles. The Morgan fingerprint density at radius 3 is 2.74 bits per heavy atom. The summed E-state index contributed by atoms with van der Waals surface area (Å²) in [6.45, 7) is 0.809. The minimum Gasteiger partial charge on any atom is -0.459 e. The zero-order valence-corrected chi connectivity index (χ0v) is 11.1. The summed E-state index contributed by atoms with van der Waals surface area (Å²) in [5, 5.41) is 4.03. The van der Waals surface area contributed by atoms with E-state index in [4.69, 9.17) is 4.42 Å². The van der Waals surface area contributed by atoms with E-state index in [0.29, 0.717) is 13.1 Å². The zero-order valence-electron chi connectivity index (χ0n) is 11.1. The van der Waals surface area contributed by atoms with E-state index in [-0.39, 0.29) is 6.54 Å². The quantitative estimate of drug-likeness (QED) is 0.873. The number of nitrogens with one attached hydrogen (secondary N) is 1. The van der Waals surface area contributed by atoms with Gasteiger partial charge in [-0.1, -0.05) is 18.2 Å². The number of alkyl halides is 2. The lowest BCUT2D eigenvalue weighted by Gasteiger charge is -2.16. The standard InChI is InChI=1S/C14H18F2N2O/c1-17-7-13-11(8-18(2)9-14(15)16)10-5-3-4-6-12(10)19-13/h3-6,14,17H,7-9H2,1-2H3. The lowest BCUT2D eigenvalue weighted by Crippen LogP contribution is -2.24. The van der Waals surface area contributed by atoms with Gasteiger partial charge in [0, 0.05) is 17.5 Å². The number of halogens is 2. The lowest BCUT2D eigenvalue weighted by atomic mass is 10.1. The molecule has 2 aromatic rings. The SMILES string of the molecule is CNCc1oc2ccccc2c1CN(C)CC(F)F. The molecular weight excluding hydrogens is 250 g/mol. The molecule has 0 spiro atoms. The molecule has 0 saturated carbocycles. The Balaban J connectivity index is 2.30. The summed E-state index contributed by atoms with van der Waals surface area (Å²) in [4.78, 5) is 1.61. The van der Waals surface area contributed by atoms with Gasteiger partial charge in [0.15, 0.2) is 0 Å². The number of fused-ring (bicyclic) bond motifs is 1. The Hall–Kier alpha value is -1.46. The van der Waals surface area contributed by atoms with Gasteiger partial charge in [0.25, 0.3) is 6.43 Å². The van der Waals surface area contributed by atoms with Gasteiger partial charge in [-0.3, -0.25) is 4.90 Å². The van der Waals surface area contributed by atoms with E-state index in [2.05, 4.69) is 5.32 Å². The highest BCUT2D eigenvalue weighted by atomic mass is 19.3.